The van der Waals surface area contributed by atoms with Gasteiger partial charge in [0.25, 0.3) is 10.1 Å². The number of hydrogen-bond donors (Lipinski definition) is 1. The smallest absolute Gasteiger partial charge is 0.297 e. The Morgan fingerprint density at radius 1 is 1.21 bits per heavy atom. The fourth-order valence-electron chi connectivity index (χ4n) is 2.13. The van der Waals surface area contributed by atoms with Gasteiger partial charge in [-0.05, 0) is 44.2 Å². The molecule has 1 atom stereocenters. The quantitative estimate of drug-likeness (QED) is 0.566. The summed E-state index contributed by atoms with van der Waals surface area (Å²) in [7, 11) is -4.06. The van der Waals surface area contributed by atoms with E-state index in [9.17, 15) is 12.8 Å². The van der Waals surface area contributed by atoms with Gasteiger partial charge >= 0.3 is 0 Å². The fourth-order valence-corrected chi connectivity index (χ4v) is 4.27. The monoisotopic (exact) mass is 366 g/mol. The molecule has 0 spiro atoms. The number of halogens is 1. The van der Waals surface area contributed by atoms with Crippen molar-refractivity contribution in [2.75, 3.05) is 0 Å². The van der Waals surface area contributed by atoms with Crippen molar-refractivity contribution in [1.82, 2.24) is 4.98 Å². The standard InChI is InChI=1S/C16H15FN2O3S2/c1-10-3-6-12(7-4-10)24(20,21)22-16(2,18)15-19-13-8-5-11(17)9-14(13)23-15/h3-9H,18H2,1-2H3/t16-/m0/s1. The van der Waals surface area contributed by atoms with Crippen molar-refractivity contribution in [2.45, 2.75) is 24.5 Å². The number of thiazole rings is 1. The molecule has 2 aromatic carbocycles. The maximum absolute atomic E-state index is 13.3. The van der Waals surface area contributed by atoms with Crippen molar-refractivity contribution >= 4 is 31.7 Å². The van der Waals surface area contributed by atoms with E-state index in [4.69, 9.17) is 9.92 Å². The SMILES string of the molecule is Cc1ccc(S(=O)(=O)O[C@](C)(N)c2nc3ccc(F)cc3s2)cc1. The number of aryl methyl sites for hydroxylation is 1. The predicted molar refractivity (Wildman–Crippen MR) is 90.6 cm³/mol. The zero-order chi connectivity index (χ0) is 17.5. The van der Waals surface area contributed by atoms with Crippen LogP contribution in [-0.4, -0.2) is 13.4 Å². The molecule has 0 radical (unpaired) electrons. The van der Waals surface area contributed by atoms with E-state index in [1.54, 1.807) is 12.1 Å². The molecule has 3 aromatic rings. The number of fused-ring (bicyclic) bond motifs is 1. The lowest BCUT2D eigenvalue weighted by Crippen LogP contribution is -2.38. The summed E-state index contributed by atoms with van der Waals surface area (Å²) in [6.07, 6.45) is 0. The third-order valence-corrected chi connectivity index (χ3v) is 6.02. The van der Waals surface area contributed by atoms with Gasteiger partial charge in [-0.3, -0.25) is 5.73 Å². The Labute approximate surface area is 143 Å². The molecular weight excluding hydrogens is 351 g/mol. The third kappa shape index (κ3) is 3.32. The van der Waals surface area contributed by atoms with Crippen molar-refractivity contribution in [3.8, 4) is 0 Å². The molecule has 2 N–H and O–H groups in total. The van der Waals surface area contributed by atoms with Gasteiger partial charge in [-0.15, -0.1) is 11.3 Å². The van der Waals surface area contributed by atoms with Crippen LogP contribution in [-0.2, 0) is 20.0 Å². The van der Waals surface area contributed by atoms with Gasteiger partial charge in [0.2, 0.25) is 0 Å². The summed E-state index contributed by atoms with van der Waals surface area (Å²) in [5, 5.41) is 0.249. The summed E-state index contributed by atoms with van der Waals surface area (Å²) in [6, 6.07) is 10.4. The van der Waals surface area contributed by atoms with Crippen LogP contribution in [0.3, 0.4) is 0 Å². The summed E-state index contributed by atoms with van der Waals surface area (Å²) >= 11 is 1.09. The predicted octanol–water partition coefficient (Wildman–Crippen LogP) is 3.28. The number of nitrogens with zero attached hydrogens (tertiary/aromatic N) is 1. The summed E-state index contributed by atoms with van der Waals surface area (Å²) in [6.45, 7) is 3.26. The van der Waals surface area contributed by atoms with Gasteiger partial charge in [0.15, 0.2) is 5.72 Å². The van der Waals surface area contributed by atoms with Crippen LogP contribution in [0.2, 0.25) is 0 Å². The molecule has 1 aromatic heterocycles. The second-order valence-corrected chi connectivity index (χ2v) is 8.17. The lowest BCUT2D eigenvalue weighted by atomic mass is 10.2. The topological polar surface area (TPSA) is 82.3 Å². The molecule has 0 aliphatic carbocycles. The average molecular weight is 366 g/mol. The van der Waals surface area contributed by atoms with E-state index in [1.165, 1.54) is 37.3 Å². The summed E-state index contributed by atoms with van der Waals surface area (Å²) in [4.78, 5) is 4.27. The average Bonchev–Trinajstić information content (AvgIpc) is 2.90. The molecule has 3 rings (SSSR count). The minimum absolute atomic E-state index is 0.0110. The first kappa shape index (κ1) is 17.0. The van der Waals surface area contributed by atoms with E-state index in [1.807, 2.05) is 6.92 Å². The number of nitrogens with two attached hydrogens (primary N) is 1. The first-order chi connectivity index (χ1) is 11.2. The molecule has 0 unspecified atom stereocenters. The highest BCUT2D eigenvalue weighted by atomic mass is 32.2. The Bertz CT molecular complexity index is 996. The van der Waals surface area contributed by atoms with Crippen LogP contribution in [0.1, 0.15) is 17.5 Å². The zero-order valence-corrected chi connectivity index (χ0v) is 14.6. The summed E-state index contributed by atoms with van der Waals surface area (Å²) < 4.78 is 43.9. The van der Waals surface area contributed by atoms with Crippen LogP contribution in [0.25, 0.3) is 10.2 Å². The summed E-state index contributed by atoms with van der Waals surface area (Å²) in [5.74, 6) is -0.399. The minimum atomic E-state index is -4.06. The van der Waals surface area contributed by atoms with Crippen molar-refractivity contribution in [3.05, 3.63) is 58.9 Å². The first-order valence-corrected chi connectivity index (χ1v) is 9.28. The van der Waals surface area contributed by atoms with E-state index < -0.39 is 21.7 Å². The van der Waals surface area contributed by atoms with Crippen LogP contribution in [0, 0.1) is 12.7 Å². The van der Waals surface area contributed by atoms with E-state index >= 15 is 0 Å². The zero-order valence-electron chi connectivity index (χ0n) is 13.0. The van der Waals surface area contributed by atoms with Gasteiger partial charge in [0.05, 0.1) is 15.1 Å². The maximum atomic E-state index is 13.3. The second-order valence-electron chi connectivity index (χ2n) is 5.59. The van der Waals surface area contributed by atoms with Gasteiger partial charge in [-0.1, -0.05) is 17.7 Å². The number of aromatic nitrogens is 1. The van der Waals surface area contributed by atoms with Gasteiger partial charge in [0.1, 0.15) is 10.8 Å². The Morgan fingerprint density at radius 3 is 2.54 bits per heavy atom. The first-order valence-electron chi connectivity index (χ1n) is 7.05. The molecule has 0 bridgehead atoms. The Balaban J connectivity index is 1.95. The molecule has 0 saturated heterocycles. The molecule has 0 saturated carbocycles. The molecule has 0 aliphatic rings. The van der Waals surface area contributed by atoms with Crippen LogP contribution in [0.4, 0.5) is 4.39 Å². The summed E-state index contributed by atoms with van der Waals surface area (Å²) in [5.41, 5.74) is 5.84. The highest BCUT2D eigenvalue weighted by Gasteiger charge is 2.33. The number of hydrogen-bond acceptors (Lipinski definition) is 6. The lowest BCUT2D eigenvalue weighted by molar-refractivity contribution is 0.103. The van der Waals surface area contributed by atoms with Gasteiger partial charge in [0, 0.05) is 0 Å². The van der Waals surface area contributed by atoms with Crippen molar-refractivity contribution < 1.29 is 17.0 Å². The molecule has 0 amide bonds. The highest BCUT2D eigenvalue weighted by Crippen LogP contribution is 2.32. The van der Waals surface area contributed by atoms with Crippen molar-refractivity contribution in [3.63, 3.8) is 0 Å². The molecule has 0 aliphatic heterocycles. The van der Waals surface area contributed by atoms with Crippen LogP contribution in [0.15, 0.2) is 47.4 Å². The highest BCUT2D eigenvalue weighted by molar-refractivity contribution is 7.86. The van der Waals surface area contributed by atoms with E-state index in [-0.39, 0.29) is 9.90 Å². The minimum Gasteiger partial charge on any atom is -0.297 e. The number of rotatable bonds is 4. The van der Waals surface area contributed by atoms with Crippen LogP contribution in [0.5, 0.6) is 0 Å². The third-order valence-electron chi connectivity index (χ3n) is 3.37. The van der Waals surface area contributed by atoms with E-state index in [2.05, 4.69) is 4.98 Å². The van der Waals surface area contributed by atoms with Crippen LogP contribution >= 0.6 is 11.3 Å². The lowest BCUT2D eigenvalue weighted by Gasteiger charge is -2.21. The molecule has 5 nitrogen and oxygen atoms in total. The molecule has 1 heterocycles. The normalized spacial score (nSPS) is 14.7. The van der Waals surface area contributed by atoms with Gasteiger partial charge in [-0.2, -0.15) is 8.42 Å². The molecule has 8 heteroatoms. The van der Waals surface area contributed by atoms with Gasteiger partial charge in [-0.25, -0.2) is 13.6 Å². The van der Waals surface area contributed by atoms with Crippen molar-refractivity contribution in [2.24, 2.45) is 5.73 Å². The Hall–Kier alpha value is -1.87. The Morgan fingerprint density at radius 2 is 1.88 bits per heavy atom. The van der Waals surface area contributed by atoms with Gasteiger partial charge < -0.3 is 0 Å². The van der Waals surface area contributed by atoms with E-state index in [0.717, 1.165) is 16.9 Å². The Kier molecular flexibility index (Phi) is 4.16. The maximum Gasteiger partial charge on any atom is 0.299 e. The number of benzene rings is 2. The molecular formula is C16H15FN2O3S2. The molecule has 0 fully saturated rings. The van der Waals surface area contributed by atoms with Crippen molar-refractivity contribution in [1.29, 1.82) is 0 Å². The molecule has 24 heavy (non-hydrogen) atoms. The largest absolute Gasteiger partial charge is 0.299 e. The van der Waals surface area contributed by atoms with Crippen LogP contribution < -0.4 is 5.73 Å². The van der Waals surface area contributed by atoms with E-state index in [0.29, 0.717) is 10.2 Å². The molecule has 126 valence electrons. The second kappa shape index (κ2) is 5.89. The fraction of sp³-hybridized carbons (Fsp3) is 0.188.